The number of benzene rings is 2. The highest BCUT2D eigenvalue weighted by Crippen LogP contribution is 2.35. The van der Waals surface area contributed by atoms with Crippen molar-refractivity contribution in [2.75, 3.05) is 38.7 Å². The second-order valence-corrected chi connectivity index (χ2v) is 6.90. The smallest absolute Gasteiger partial charge is 0.163 e. The Balaban J connectivity index is 1.81. The van der Waals surface area contributed by atoms with Crippen LogP contribution in [-0.2, 0) is 0 Å². The Morgan fingerprint density at radius 2 is 1.94 bits per heavy atom. The van der Waals surface area contributed by atoms with Crippen molar-refractivity contribution in [3.63, 3.8) is 0 Å². The van der Waals surface area contributed by atoms with Gasteiger partial charge in [0.15, 0.2) is 11.5 Å². The molecule has 0 saturated heterocycles. The van der Waals surface area contributed by atoms with Gasteiger partial charge in [0.05, 0.1) is 24.8 Å². The van der Waals surface area contributed by atoms with E-state index in [1.807, 2.05) is 12.1 Å². The first-order chi connectivity index (χ1) is 15.1. The summed E-state index contributed by atoms with van der Waals surface area (Å²) in [4.78, 5) is 11.0. The number of nitrogens with one attached hydrogen (secondary N) is 1. The van der Waals surface area contributed by atoms with Gasteiger partial charge in [-0.2, -0.15) is 5.26 Å². The number of ether oxygens (including phenoxy) is 2. The molecule has 2 aromatic carbocycles. The number of halogens is 1. The highest BCUT2D eigenvalue weighted by Gasteiger charge is 2.13. The predicted octanol–water partition coefficient (Wildman–Crippen LogP) is 4.50. The summed E-state index contributed by atoms with van der Waals surface area (Å²) in [7, 11) is 1.58. The topological polar surface area (TPSA) is 83.3 Å². The summed E-state index contributed by atoms with van der Waals surface area (Å²) in [5.41, 5.74) is 1.14. The molecule has 0 amide bonds. The van der Waals surface area contributed by atoms with Gasteiger partial charge in [0.25, 0.3) is 0 Å². The Morgan fingerprint density at radius 1 is 1.13 bits per heavy atom. The monoisotopic (exact) mass is 423 g/mol. The first kappa shape index (κ1) is 22.2. The summed E-state index contributed by atoms with van der Waals surface area (Å²) in [6.07, 6.45) is 2.34. The van der Waals surface area contributed by atoms with E-state index in [1.54, 1.807) is 19.2 Å². The molecule has 0 aliphatic heterocycles. The number of rotatable bonds is 10. The number of fused-ring (bicyclic) bond motifs is 1. The number of hydrogen-bond donors (Lipinski definition) is 1. The van der Waals surface area contributed by atoms with Crippen LogP contribution in [0.4, 0.5) is 15.9 Å². The molecular formula is C23H26FN5O2. The molecule has 0 saturated carbocycles. The van der Waals surface area contributed by atoms with Gasteiger partial charge in [-0.15, -0.1) is 0 Å². The summed E-state index contributed by atoms with van der Waals surface area (Å²) in [6, 6.07) is 9.74. The van der Waals surface area contributed by atoms with Gasteiger partial charge >= 0.3 is 0 Å². The zero-order valence-corrected chi connectivity index (χ0v) is 18.0. The maximum atomic E-state index is 13.9. The summed E-state index contributed by atoms with van der Waals surface area (Å²) >= 11 is 0. The van der Waals surface area contributed by atoms with Crippen LogP contribution in [0.3, 0.4) is 0 Å². The summed E-state index contributed by atoms with van der Waals surface area (Å²) in [6.45, 7) is 7.87. The minimum Gasteiger partial charge on any atom is -0.493 e. The second kappa shape index (κ2) is 10.5. The minimum atomic E-state index is -0.594. The lowest BCUT2D eigenvalue weighted by molar-refractivity contribution is 0.243. The molecule has 3 aromatic rings. The van der Waals surface area contributed by atoms with Crippen molar-refractivity contribution in [2.45, 2.75) is 20.3 Å². The quantitative estimate of drug-likeness (QED) is 0.481. The van der Waals surface area contributed by atoms with Crippen LogP contribution < -0.4 is 14.8 Å². The molecule has 3 rings (SSSR count). The first-order valence-corrected chi connectivity index (χ1v) is 10.2. The molecule has 8 heteroatoms. The van der Waals surface area contributed by atoms with Gasteiger partial charge in [0.1, 0.15) is 24.0 Å². The van der Waals surface area contributed by atoms with E-state index >= 15 is 0 Å². The molecule has 0 atom stereocenters. The van der Waals surface area contributed by atoms with E-state index in [-0.39, 0.29) is 5.56 Å². The predicted molar refractivity (Wildman–Crippen MR) is 118 cm³/mol. The van der Waals surface area contributed by atoms with Gasteiger partial charge in [0.2, 0.25) is 0 Å². The number of nitriles is 1. The zero-order valence-electron chi connectivity index (χ0n) is 18.0. The average Bonchev–Trinajstić information content (AvgIpc) is 2.79. The molecule has 1 N–H and O–H groups in total. The van der Waals surface area contributed by atoms with Crippen molar-refractivity contribution in [2.24, 2.45) is 0 Å². The van der Waals surface area contributed by atoms with Gasteiger partial charge in [0, 0.05) is 23.7 Å². The molecule has 31 heavy (non-hydrogen) atoms. The highest BCUT2D eigenvalue weighted by molar-refractivity contribution is 5.93. The standard InChI is InChI=1S/C23H26FN5O2/c1-4-29(5-2)9-6-10-31-22-13-20-18(12-21(22)30-3)23(27-15-26-20)28-17-8-7-16(14-25)19(24)11-17/h7-8,11-13,15H,4-6,9-10H2,1-3H3,(H,26,27,28). The fourth-order valence-electron chi connectivity index (χ4n) is 3.27. The molecule has 0 spiro atoms. The van der Waals surface area contributed by atoms with Gasteiger partial charge in [-0.3, -0.25) is 0 Å². The molecule has 0 aliphatic carbocycles. The Kier molecular flexibility index (Phi) is 7.57. The maximum absolute atomic E-state index is 13.9. The Bertz CT molecular complexity index is 1080. The molecule has 0 unspecified atom stereocenters. The van der Waals surface area contributed by atoms with Crippen LogP contribution >= 0.6 is 0 Å². The van der Waals surface area contributed by atoms with E-state index in [9.17, 15) is 4.39 Å². The Hall–Kier alpha value is -3.44. The molecule has 0 aliphatic rings. The van der Waals surface area contributed by atoms with Crippen LogP contribution in [0.5, 0.6) is 11.5 Å². The fraction of sp³-hybridized carbons (Fsp3) is 0.348. The van der Waals surface area contributed by atoms with Crippen molar-refractivity contribution in [1.82, 2.24) is 14.9 Å². The average molecular weight is 423 g/mol. The van der Waals surface area contributed by atoms with Crippen LogP contribution in [-0.4, -0.2) is 48.2 Å². The van der Waals surface area contributed by atoms with E-state index in [2.05, 4.69) is 34.0 Å². The Labute approximate surface area is 181 Å². The molecule has 0 radical (unpaired) electrons. The van der Waals surface area contributed by atoms with Crippen molar-refractivity contribution in [3.8, 4) is 17.6 Å². The van der Waals surface area contributed by atoms with E-state index in [0.717, 1.165) is 26.1 Å². The number of nitrogens with zero attached hydrogens (tertiary/aromatic N) is 4. The fourth-order valence-corrected chi connectivity index (χ4v) is 3.27. The summed E-state index contributed by atoms with van der Waals surface area (Å²) < 4.78 is 25.4. The van der Waals surface area contributed by atoms with Gasteiger partial charge in [-0.25, -0.2) is 14.4 Å². The highest BCUT2D eigenvalue weighted by atomic mass is 19.1. The molecule has 0 fully saturated rings. The third-order valence-electron chi connectivity index (χ3n) is 5.04. The van der Waals surface area contributed by atoms with Crippen molar-refractivity contribution in [3.05, 3.63) is 48.0 Å². The zero-order chi connectivity index (χ0) is 22.2. The normalized spacial score (nSPS) is 10.8. The van der Waals surface area contributed by atoms with Gasteiger partial charge < -0.3 is 19.7 Å². The van der Waals surface area contributed by atoms with Crippen LogP contribution in [0, 0.1) is 17.1 Å². The van der Waals surface area contributed by atoms with Crippen LogP contribution in [0.1, 0.15) is 25.8 Å². The van der Waals surface area contributed by atoms with E-state index in [0.29, 0.717) is 40.5 Å². The van der Waals surface area contributed by atoms with Crippen molar-refractivity contribution < 1.29 is 13.9 Å². The Morgan fingerprint density at radius 3 is 2.61 bits per heavy atom. The number of hydrogen-bond acceptors (Lipinski definition) is 7. The summed E-state index contributed by atoms with van der Waals surface area (Å²) in [5.74, 6) is 1.09. The maximum Gasteiger partial charge on any atom is 0.163 e. The lowest BCUT2D eigenvalue weighted by Gasteiger charge is -2.18. The molecule has 0 bridgehead atoms. The van der Waals surface area contributed by atoms with Crippen molar-refractivity contribution in [1.29, 1.82) is 5.26 Å². The van der Waals surface area contributed by atoms with E-state index in [1.165, 1.54) is 18.5 Å². The number of methoxy groups -OCH3 is 1. The van der Waals surface area contributed by atoms with Gasteiger partial charge in [-0.05, 0) is 43.8 Å². The third kappa shape index (κ3) is 5.38. The van der Waals surface area contributed by atoms with Crippen LogP contribution in [0.25, 0.3) is 10.9 Å². The third-order valence-corrected chi connectivity index (χ3v) is 5.04. The molecule has 7 nitrogen and oxygen atoms in total. The van der Waals surface area contributed by atoms with Crippen LogP contribution in [0.15, 0.2) is 36.7 Å². The first-order valence-electron chi connectivity index (χ1n) is 10.2. The van der Waals surface area contributed by atoms with Crippen molar-refractivity contribution >= 4 is 22.4 Å². The molecule has 1 heterocycles. The van der Waals surface area contributed by atoms with Crippen LogP contribution in [0.2, 0.25) is 0 Å². The summed E-state index contributed by atoms with van der Waals surface area (Å²) in [5, 5.41) is 12.7. The molecular weight excluding hydrogens is 397 g/mol. The molecule has 162 valence electrons. The van der Waals surface area contributed by atoms with Gasteiger partial charge in [-0.1, -0.05) is 13.8 Å². The number of aromatic nitrogens is 2. The second-order valence-electron chi connectivity index (χ2n) is 6.90. The minimum absolute atomic E-state index is 0.0115. The van der Waals surface area contributed by atoms with E-state index in [4.69, 9.17) is 14.7 Å². The molecule has 1 aromatic heterocycles. The lowest BCUT2D eigenvalue weighted by Crippen LogP contribution is -2.25. The lowest BCUT2D eigenvalue weighted by atomic mass is 10.2. The van der Waals surface area contributed by atoms with E-state index < -0.39 is 5.82 Å². The SMILES string of the molecule is CCN(CC)CCCOc1cc2ncnc(Nc3ccc(C#N)c(F)c3)c2cc1OC. The largest absolute Gasteiger partial charge is 0.493 e. The number of anilines is 2.